The van der Waals surface area contributed by atoms with Crippen molar-refractivity contribution in [3.05, 3.63) is 35.5 Å². The molecule has 2 aliphatic heterocycles. The molecule has 0 bridgehead atoms. The van der Waals surface area contributed by atoms with Crippen LogP contribution in [0.2, 0.25) is 0 Å². The van der Waals surface area contributed by atoms with Crippen LogP contribution in [0.3, 0.4) is 0 Å². The van der Waals surface area contributed by atoms with E-state index in [-0.39, 0.29) is 18.3 Å². The molecule has 1 aromatic rings. The quantitative estimate of drug-likeness (QED) is 0.296. The predicted molar refractivity (Wildman–Crippen MR) is 132 cm³/mol. The van der Waals surface area contributed by atoms with Gasteiger partial charge in [0.05, 0.1) is 13.2 Å². The molecule has 2 aliphatic rings. The molecule has 1 N–H and O–H groups in total. The van der Waals surface area contributed by atoms with Crippen molar-refractivity contribution in [2.75, 3.05) is 58.3 Å². The van der Waals surface area contributed by atoms with E-state index in [0.29, 0.717) is 5.70 Å². The molecule has 1 amide bonds. The molecular weight excluding hydrogens is 479 g/mol. The molecule has 172 valence electrons. The SMILES string of the molecule is CCCCCCN1C(=O)C(=Cc2ccc(NCCN3CCOCC3)cc2)N(C)C1=[Se].Cl. The Morgan fingerprint density at radius 3 is 2.48 bits per heavy atom. The molecule has 8 heteroatoms. The fraction of sp³-hybridized carbons (Fsp3) is 0.565. The van der Waals surface area contributed by atoms with E-state index in [9.17, 15) is 4.79 Å². The van der Waals surface area contributed by atoms with Crippen LogP contribution in [0.1, 0.15) is 38.2 Å². The molecule has 1 aromatic carbocycles. The first-order valence-corrected chi connectivity index (χ1v) is 11.9. The molecule has 6 nitrogen and oxygen atoms in total. The molecule has 0 atom stereocenters. The molecule has 0 saturated carbocycles. The van der Waals surface area contributed by atoms with Gasteiger partial charge in [0.1, 0.15) is 0 Å². The zero-order valence-electron chi connectivity index (χ0n) is 18.6. The van der Waals surface area contributed by atoms with Crippen LogP contribution < -0.4 is 5.32 Å². The first kappa shape index (κ1) is 25.9. The van der Waals surface area contributed by atoms with Gasteiger partial charge in [-0.25, -0.2) is 0 Å². The van der Waals surface area contributed by atoms with E-state index in [1.54, 1.807) is 0 Å². The van der Waals surface area contributed by atoms with Gasteiger partial charge in [-0.15, -0.1) is 12.4 Å². The van der Waals surface area contributed by atoms with E-state index in [4.69, 9.17) is 4.74 Å². The normalized spacial score (nSPS) is 18.6. The topological polar surface area (TPSA) is 48.1 Å². The molecule has 0 aromatic heterocycles. The van der Waals surface area contributed by atoms with E-state index in [1.807, 2.05) is 22.9 Å². The molecule has 0 spiro atoms. The number of hydrogen-bond acceptors (Lipinski definition) is 5. The van der Waals surface area contributed by atoms with Gasteiger partial charge in [0, 0.05) is 13.1 Å². The van der Waals surface area contributed by atoms with E-state index < -0.39 is 0 Å². The number of nitrogens with zero attached hydrogens (tertiary/aromatic N) is 3. The Kier molecular flexibility index (Phi) is 11.1. The number of carbonyl (C=O) groups is 1. The third kappa shape index (κ3) is 7.33. The molecule has 0 radical (unpaired) electrons. The average molecular weight is 514 g/mol. The van der Waals surface area contributed by atoms with Crippen LogP contribution in [0.5, 0.6) is 0 Å². The number of anilines is 1. The van der Waals surface area contributed by atoms with Gasteiger partial charge in [0.25, 0.3) is 0 Å². The number of unbranched alkanes of at least 4 members (excludes halogenated alkanes) is 3. The summed E-state index contributed by atoms with van der Waals surface area (Å²) in [6.07, 6.45) is 6.60. The summed E-state index contributed by atoms with van der Waals surface area (Å²) >= 11 is 3.07. The molecule has 0 unspecified atom stereocenters. The summed E-state index contributed by atoms with van der Waals surface area (Å²) in [5.74, 6) is 0.0791. The van der Waals surface area contributed by atoms with Crippen LogP contribution in [0.25, 0.3) is 6.08 Å². The molecule has 2 heterocycles. The van der Waals surface area contributed by atoms with E-state index >= 15 is 0 Å². The second kappa shape index (κ2) is 13.2. The molecular formula is C23H35ClN4O2Se. The summed E-state index contributed by atoms with van der Waals surface area (Å²) in [5.41, 5.74) is 2.85. The van der Waals surface area contributed by atoms with Crippen LogP contribution in [0, 0.1) is 0 Å². The van der Waals surface area contributed by atoms with Gasteiger partial charge in [-0.1, -0.05) is 0 Å². The Hall–Kier alpha value is -1.37. The maximum absolute atomic E-state index is 12.9. The Morgan fingerprint density at radius 1 is 1.10 bits per heavy atom. The maximum Gasteiger partial charge on any atom is -0.147 e. The first-order chi connectivity index (χ1) is 14.6. The van der Waals surface area contributed by atoms with Crippen molar-refractivity contribution in [2.45, 2.75) is 32.6 Å². The smallest absolute Gasteiger partial charge is 0.147 e. The van der Waals surface area contributed by atoms with Crippen LogP contribution in [-0.4, -0.2) is 93.8 Å². The third-order valence-corrected chi connectivity index (χ3v) is 6.69. The van der Waals surface area contributed by atoms with Gasteiger partial charge in [0.15, 0.2) is 0 Å². The Bertz CT molecular complexity index is 750. The van der Waals surface area contributed by atoms with Crippen LogP contribution in [0.15, 0.2) is 30.0 Å². The number of ether oxygens (including phenoxy) is 1. The summed E-state index contributed by atoms with van der Waals surface area (Å²) in [6.45, 7) is 8.61. The van der Waals surface area contributed by atoms with Gasteiger partial charge in [-0.3, -0.25) is 0 Å². The molecule has 2 fully saturated rings. The largest absolute Gasteiger partial charge is 0.147 e. The third-order valence-electron chi connectivity index (χ3n) is 5.65. The minimum atomic E-state index is 0. The number of likely N-dealkylation sites (N-methyl/N-ethyl adjacent to an activating group) is 1. The second-order valence-corrected chi connectivity index (χ2v) is 8.66. The number of morpholine rings is 1. The van der Waals surface area contributed by atoms with Crippen molar-refractivity contribution >= 4 is 50.3 Å². The van der Waals surface area contributed by atoms with Crippen molar-refractivity contribution in [3.8, 4) is 0 Å². The van der Waals surface area contributed by atoms with Gasteiger partial charge in [0.2, 0.25) is 0 Å². The zero-order valence-corrected chi connectivity index (χ0v) is 21.2. The minimum Gasteiger partial charge on any atom is -0.147 e. The molecule has 2 saturated heterocycles. The van der Waals surface area contributed by atoms with Crippen LogP contribution >= 0.6 is 12.4 Å². The monoisotopic (exact) mass is 514 g/mol. The number of rotatable bonds is 10. The zero-order chi connectivity index (χ0) is 21.3. The van der Waals surface area contributed by atoms with Crippen LogP contribution in [0.4, 0.5) is 5.69 Å². The summed E-state index contributed by atoms with van der Waals surface area (Å²) in [4.78, 5) is 19.1. The van der Waals surface area contributed by atoms with Crippen molar-refractivity contribution in [2.24, 2.45) is 0 Å². The van der Waals surface area contributed by atoms with Gasteiger partial charge in [-0.2, -0.15) is 0 Å². The van der Waals surface area contributed by atoms with Crippen molar-refractivity contribution < 1.29 is 9.53 Å². The number of carbonyl (C=O) groups excluding carboxylic acids is 1. The Morgan fingerprint density at radius 2 is 1.81 bits per heavy atom. The van der Waals surface area contributed by atoms with Crippen molar-refractivity contribution in [3.63, 3.8) is 0 Å². The Balaban J connectivity index is 0.00000341. The molecule has 0 aliphatic carbocycles. The summed E-state index contributed by atoms with van der Waals surface area (Å²) in [6, 6.07) is 8.29. The van der Waals surface area contributed by atoms with Gasteiger partial charge >= 0.3 is 158 Å². The second-order valence-electron chi connectivity index (χ2n) is 7.89. The number of halogens is 1. The predicted octanol–water partition coefficient (Wildman–Crippen LogP) is 2.80. The van der Waals surface area contributed by atoms with E-state index in [1.165, 1.54) is 12.8 Å². The van der Waals surface area contributed by atoms with Gasteiger partial charge in [-0.05, 0) is 0 Å². The van der Waals surface area contributed by atoms with Crippen molar-refractivity contribution in [1.29, 1.82) is 0 Å². The van der Waals surface area contributed by atoms with Crippen molar-refractivity contribution in [1.82, 2.24) is 14.7 Å². The molecule has 3 rings (SSSR count). The fourth-order valence-corrected chi connectivity index (χ4v) is 4.32. The molecule has 31 heavy (non-hydrogen) atoms. The minimum absolute atomic E-state index is 0. The average Bonchev–Trinajstić information content (AvgIpc) is 2.96. The fourth-order valence-electron chi connectivity index (χ4n) is 3.74. The number of hydrogen-bond donors (Lipinski definition) is 1. The first-order valence-electron chi connectivity index (χ1n) is 11.1. The Labute approximate surface area is 200 Å². The summed E-state index contributed by atoms with van der Waals surface area (Å²) in [7, 11) is 1.95. The summed E-state index contributed by atoms with van der Waals surface area (Å²) in [5, 5.41) is 3.48. The number of nitrogens with one attached hydrogen (secondary N) is 1. The summed E-state index contributed by atoms with van der Waals surface area (Å²) < 4.78 is 6.28. The van der Waals surface area contributed by atoms with E-state index in [0.717, 1.165) is 74.7 Å². The van der Waals surface area contributed by atoms with Gasteiger partial charge < -0.3 is 4.74 Å². The van der Waals surface area contributed by atoms with E-state index in [2.05, 4.69) is 57.0 Å². The van der Waals surface area contributed by atoms with Crippen LogP contribution in [-0.2, 0) is 9.53 Å². The number of benzene rings is 1. The number of amides is 1. The maximum atomic E-state index is 12.9. The standard InChI is InChI=1S/C23H34N4O2Se.ClH/c1-3-4-5-6-12-27-22(28)21(25(2)23(27)30)18-19-7-9-20(10-8-19)24-11-13-26-14-16-29-17-15-26;/h7-10,18,24H,3-6,11-17H2,1-2H3;1H.